The summed E-state index contributed by atoms with van der Waals surface area (Å²) in [5.41, 5.74) is 5.71. The van der Waals surface area contributed by atoms with Gasteiger partial charge >= 0.3 is 6.03 Å². The monoisotopic (exact) mass is 309 g/mol. The summed E-state index contributed by atoms with van der Waals surface area (Å²) in [4.78, 5) is 32.0. The minimum absolute atomic E-state index is 0.101. The predicted octanol–water partition coefficient (Wildman–Crippen LogP) is 1.19. The predicted molar refractivity (Wildman–Crippen MR) is 84.7 cm³/mol. The van der Waals surface area contributed by atoms with Gasteiger partial charge in [-0.25, -0.2) is 10.2 Å². The molecular formula is C16H15N5O2. The molecule has 1 aliphatic carbocycles. The zero-order valence-corrected chi connectivity index (χ0v) is 12.6. The van der Waals surface area contributed by atoms with Gasteiger partial charge in [0.15, 0.2) is 0 Å². The van der Waals surface area contributed by atoms with Crippen LogP contribution in [0.4, 0.5) is 10.5 Å². The van der Waals surface area contributed by atoms with E-state index < -0.39 is 5.92 Å². The Balaban J connectivity index is 1.61. The lowest BCUT2D eigenvalue weighted by Gasteiger charge is -2.22. The molecule has 116 valence electrons. The van der Waals surface area contributed by atoms with Gasteiger partial charge in [-0.05, 0) is 36.8 Å². The molecule has 7 heteroatoms. The van der Waals surface area contributed by atoms with Crippen LogP contribution in [0.1, 0.15) is 5.56 Å². The van der Waals surface area contributed by atoms with E-state index in [4.69, 9.17) is 0 Å². The van der Waals surface area contributed by atoms with Crippen LogP contribution >= 0.6 is 0 Å². The zero-order chi connectivity index (χ0) is 16.0. The fourth-order valence-corrected chi connectivity index (χ4v) is 3.01. The number of hydrazone groups is 1. The minimum atomic E-state index is -0.406. The second-order valence-corrected chi connectivity index (χ2v) is 5.66. The Hall–Kier alpha value is -2.96. The Morgan fingerprint density at radius 1 is 1.22 bits per heavy atom. The van der Waals surface area contributed by atoms with Crippen molar-refractivity contribution >= 4 is 23.3 Å². The lowest BCUT2D eigenvalue weighted by molar-refractivity contribution is -0.121. The number of amides is 3. The van der Waals surface area contributed by atoms with Crippen molar-refractivity contribution in [2.45, 2.75) is 6.92 Å². The van der Waals surface area contributed by atoms with Crippen LogP contribution in [-0.2, 0) is 4.79 Å². The molecule has 3 heterocycles. The lowest BCUT2D eigenvalue weighted by atomic mass is 9.97. The third kappa shape index (κ3) is 2.12. The van der Waals surface area contributed by atoms with Crippen LogP contribution in [0.2, 0.25) is 0 Å². The number of hydrogen-bond acceptors (Lipinski definition) is 4. The van der Waals surface area contributed by atoms with Crippen LogP contribution in [0.25, 0.3) is 0 Å². The number of pyridine rings is 1. The first kappa shape index (κ1) is 13.7. The van der Waals surface area contributed by atoms with E-state index in [1.807, 2.05) is 19.1 Å². The molecular weight excluding hydrogens is 294 g/mol. The van der Waals surface area contributed by atoms with Crippen LogP contribution in [0, 0.1) is 12.8 Å². The van der Waals surface area contributed by atoms with E-state index in [9.17, 15) is 9.59 Å². The highest BCUT2D eigenvalue weighted by Gasteiger charge is 2.35. The fraction of sp³-hybridized carbons (Fsp3) is 0.250. The SMILES string of the molecule is Cc1ccncc1N1CCN(C2=CC3C(=O)NN=C3C=C2)C1=O. The molecule has 0 spiro atoms. The molecule has 0 radical (unpaired) electrons. The van der Waals surface area contributed by atoms with Crippen LogP contribution < -0.4 is 10.3 Å². The number of aromatic nitrogens is 1. The molecule has 2 aliphatic heterocycles. The van der Waals surface area contributed by atoms with Crippen LogP contribution in [-0.4, -0.2) is 40.6 Å². The van der Waals surface area contributed by atoms with E-state index in [-0.39, 0.29) is 11.9 Å². The van der Waals surface area contributed by atoms with E-state index in [1.165, 1.54) is 0 Å². The molecule has 1 aromatic rings. The van der Waals surface area contributed by atoms with Gasteiger partial charge < -0.3 is 0 Å². The quantitative estimate of drug-likeness (QED) is 0.891. The molecule has 4 rings (SSSR count). The second-order valence-electron chi connectivity index (χ2n) is 5.66. The van der Waals surface area contributed by atoms with Crippen molar-refractivity contribution in [1.82, 2.24) is 15.3 Å². The van der Waals surface area contributed by atoms with E-state index in [0.29, 0.717) is 18.8 Å². The van der Waals surface area contributed by atoms with Gasteiger partial charge in [-0.1, -0.05) is 0 Å². The van der Waals surface area contributed by atoms with Crippen LogP contribution in [0.3, 0.4) is 0 Å². The number of carbonyl (C=O) groups is 2. The first-order valence-corrected chi connectivity index (χ1v) is 7.42. The first-order chi connectivity index (χ1) is 11.1. The maximum atomic E-state index is 12.7. The number of urea groups is 1. The van der Waals surface area contributed by atoms with Gasteiger partial charge in [-0.3, -0.25) is 19.6 Å². The van der Waals surface area contributed by atoms with E-state index >= 15 is 0 Å². The Labute approximate surface area is 133 Å². The van der Waals surface area contributed by atoms with E-state index in [2.05, 4.69) is 15.5 Å². The number of rotatable bonds is 2. The Kier molecular flexibility index (Phi) is 3.00. The molecule has 3 aliphatic rings. The van der Waals surface area contributed by atoms with Crippen molar-refractivity contribution < 1.29 is 9.59 Å². The molecule has 23 heavy (non-hydrogen) atoms. The molecule has 1 atom stereocenters. The van der Waals surface area contributed by atoms with Gasteiger partial charge in [-0.15, -0.1) is 0 Å². The van der Waals surface area contributed by atoms with Crippen LogP contribution in [0.15, 0.2) is 47.5 Å². The molecule has 1 saturated heterocycles. The number of allylic oxidation sites excluding steroid dienone is 2. The largest absolute Gasteiger partial charge is 0.329 e. The number of fused-ring (bicyclic) bond motifs is 1. The third-order valence-corrected chi connectivity index (χ3v) is 4.28. The van der Waals surface area contributed by atoms with Gasteiger partial charge in [0, 0.05) is 25.0 Å². The highest BCUT2D eigenvalue weighted by atomic mass is 16.2. The topological polar surface area (TPSA) is 77.9 Å². The average Bonchev–Trinajstić information content (AvgIpc) is 3.11. The maximum Gasteiger partial charge on any atom is 0.329 e. The highest BCUT2D eigenvalue weighted by molar-refractivity contribution is 6.15. The van der Waals surface area contributed by atoms with Crippen molar-refractivity contribution in [3.63, 3.8) is 0 Å². The normalized spacial score (nSPS) is 22.9. The number of anilines is 1. The van der Waals surface area contributed by atoms with Gasteiger partial charge in [0.1, 0.15) is 5.92 Å². The molecule has 1 fully saturated rings. The van der Waals surface area contributed by atoms with Gasteiger partial charge in [0.05, 0.1) is 17.6 Å². The van der Waals surface area contributed by atoms with Gasteiger partial charge in [0.2, 0.25) is 0 Å². The van der Waals surface area contributed by atoms with Crippen molar-refractivity contribution in [3.05, 3.63) is 47.9 Å². The Bertz CT molecular complexity index is 795. The molecule has 3 amide bonds. The summed E-state index contributed by atoms with van der Waals surface area (Å²) in [6.45, 7) is 3.12. The molecule has 0 aromatic carbocycles. The Morgan fingerprint density at radius 3 is 2.87 bits per heavy atom. The summed E-state index contributed by atoms with van der Waals surface area (Å²) in [5, 5.41) is 3.96. The summed E-state index contributed by atoms with van der Waals surface area (Å²) in [6.07, 6.45) is 8.81. The fourth-order valence-electron chi connectivity index (χ4n) is 3.01. The molecule has 0 saturated carbocycles. The van der Waals surface area contributed by atoms with Crippen molar-refractivity contribution in [2.24, 2.45) is 11.0 Å². The highest BCUT2D eigenvalue weighted by Crippen LogP contribution is 2.28. The maximum absolute atomic E-state index is 12.7. The minimum Gasteiger partial charge on any atom is -0.293 e. The van der Waals surface area contributed by atoms with E-state index in [0.717, 1.165) is 16.9 Å². The standard InChI is InChI=1S/C16H15N5O2/c1-10-4-5-17-9-14(10)21-7-6-20(16(21)23)11-2-3-13-12(8-11)15(22)19-18-13/h2-5,8-9,12H,6-7H2,1H3,(H,19,22). The Morgan fingerprint density at radius 2 is 2.04 bits per heavy atom. The number of aryl methyl sites for hydroxylation is 1. The smallest absolute Gasteiger partial charge is 0.293 e. The first-order valence-electron chi connectivity index (χ1n) is 7.42. The summed E-state index contributed by atoms with van der Waals surface area (Å²) in [7, 11) is 0. The number of nitrogens with one attached hydrogen (secondary N) is 1. The van der Waals surface area contributed by atoms with Gasteiger partial charge in [-0.2, -0.15) is 5.10 Å². The second kappa shape index (κ2) is 5.05. The summed E-state index contributed by atoms with van der Waals surface area (Å²) >= 11 is 0. The summed E-state index contributed by atoms with van der Waals surface area (Å²) in [6, 6.07) is 1.78. The van der Waals surface area contributed by atoms with Crippen molar-refractivity contribution in [2.75, 3.05) is 18.0 Å². The summed E-state index contributed by atoms with van der Waals surface area (Å²) < 4.78 is 0. The molecule has 0 bridgehead atoms. The third-order valence-electron chi connectivity index (χ3n) is 4.28. The van der Waals surface area contributed by atoms with Crippen LogP contribution in [0.5, 0.6) is 0 Å². The summed E-state index contributed by atoms with van der Waals surface area (Å²) in [5.74, 6) is -0.564. The molecule has 7 nitrogen and oxygen atoms in total. The lowest BCUT2D eigenvalue weighted by Crippen LogP contribution is -2.33. The number of nitrogens with zero attached hydrogens (tertiary/aromatic N) is 4. The zero-order valence-electron chi connectivity index (χ0n) is 12.6. The van der Waals surface area contributed by atoms with E-state index in [1.54, 1.807) is 34.3 Å². The number of carbonyl (C=O) groups excluding carboxylic acids is 2. The van der Waals surface area contributed by atoms with Crippen molar-refractivity contribution in [1.29, 1.82) is 0 Å². The molecule has 1 aromatic heterocycles. The average molecular weight is 309 g/mol. The van der Waals surface area contributed by atoms with Gasteiger partial charge in [0.25, 0.3) is 5.91 Å². The molecule has 1 unspecified atom stereocenters. The molecule has 1 N–H and O–H groups in total. The van der Waals surface area contributed by atoms with Crippen molar-refractivity contribution in [3.8, 4) is 0 Å². The number of hydrogen-bond donors (Lipinski definition) is 1.